The van der Waals surface area contributed by atoms with Crippen LogP contribution in [-0.2, 0) is 5.41 Å². The van der Waals surface area contributed by atoms with Gasteiger partial charge in [-0.1, -0.05) is 39.0 Å². The fourth-order valence-electron chi connectivity index (χ4n) is 2.60. The Hall–Kier alpha value is -2.69. The highest BCUT2D eigenvalue weighted by Gasteiger charge is 2.17. The van der Waals surface area contributed by atoms with Gasteiger partial charge < -0.3 is 10.2 Å². The van der Waals surface area contributed by atoms with Crippen LogP contribution in [0.3, 0.4) is 0 Å². The summed E-state index contributed by atoms with van der Waals surface area (Å²) in [4.78, 5) is 30.8. The van der Waals surface area contributed by atoms with E-state index in [1.54, 1.807) is 23.1 Å². The van der Waals surface area contributed by atoms with Crippen molar-refractivity contribution in [3.63, 3.8) is 0 Å². The van der Waals surface area contributed by atoms with Crippen LogP contribution in [0, 0.1) is 0 Å². The highest BCUT2D eigenvalue weighted by atomic mass is 16.2. The molecule has 0 saturated carbocycles. The van der Waals surface area contributed by atoms with Gasteiger partial charge in [-0.25, -0.2) is 4.98 Å². The van der Waals surface area contributed by atoms with Crippen molar-refractivity contribution in [2.45, 2.75) is 40.0 Å². The second kappa shape index (κ2) is 8.13. The van der Waals surface area contributed by atoms with E-state index in [2.05, 4.69) is 31.1 Å². The fourth-order valence-corrected chi connectivity index (χ4v) is 2.60. The van der Waals surface area contributed by atoms with Gasteiger partial charge in [0, 0.05) is 18.8 Å². The van der Waals surface area contributed by atoms with Gasteiger partial charge in [-0.05, 0) is 49.1 Å². The summed E-state index contributed by atoms with van der Waals surface area (Å²) in [6.45, 7) is 11.5. The molecule has 0 fully saturated rings. The maximum atomic E-state index is 12.5. The lowest BCUT2D eigenvalue weighted by atomic mass is 9.87. The van der Waals surface area contributed by atoms with Gasteiger partial charge in [-0.2, -0.15) is 0 Å². The highest BCUT2D eigenvalue weighted by molar-refractivity contribution is 6.03. The van der Waals surface area contributed by atoms with E-state index in [1.807, 2.05) is 38.1 Å². The Labute approximate surface area is 155 Å². The van der Waals surface area contributed by atoms with Crippen LogP contribution in [0.4, 0.5) is 5.69 Å². The number of hydrogen-bond acceptors (Lipinski definition) is 3. The minimum atomic E-state index is -0.331. The van der Waals surface area contributed by atoms with Crippen molar-refractivity contribution in [3.05, 3.63) is 59.4 Å². The van der Waals surface area contributed by atoms with Crippen LogP contribution in [0.1, 0.15) is 61.2 Å². The molecule has 2 rings (SSSR count). The fraction of sp³-hybridized carbons (Fsp3) is 0.381. The first-order chi connectivity index (χ1) is 12.3. The van der Waals surface area contributed by atoms with Gasteiger partial charge in [-0.15, -0.1) is 0 Å². The Morgan fingerprint density at radius 1 is 0.962 bits per heavy atom. The predicted octanol–water partition coefficient (Wildman–Crippen LogP) is 4.11. The Kier molecular flexibility index (Phi) is 6.14. The molecule has 1 heterocycles. The molecule has 0 spiro atoms. The van der Waals surface area contributed by atoms with Gasteiger partial charge in [0.15, 0.2) is 0 Å². The molecule has 0 aliphatic rings. The standard InChI is InChI=1S/C21H27N3O2/c1-6-24(7-2)20(26)18-10-8-9-17(23-18)19(25)22-16-13-11-15(12-14-16)21(3,4)5/h8-14H,6-7H2,1-5H3,(H,22,25). The third-order valence-corrected chi connectivity index (χ3v) is 4.26. The normalized spacial score (nSPS) is 11.1. The monoisotopic (exact) mass is 353 g/mol. The number of carbonyl (C=O) groups excluding carboxylic acids is 2. The number of nitrogens with one attached hydrogen (secondary N) is 1. The zero-order valence-corrected chi connectivity index (χ0v) is 16.2. The zero-order valence-electron chi connectivity index (χ0n) is 16.2. The molecule has 0 atom stereocenters. The summed E-state index contributed by atoms with van der Waals surface area (Å²) in [5.74, 6) is -0.498. The first-order valence-corrected chi connectivity index (χ1v) is 8.94. The number of rotatable bonds is 5. The van der Waals surface area contributed by atoms with Crippen LogP contribution in [0.25, 0.3) is 0 Å². The molecule has 1 aromatic carbocycles. The molecule has 1 aromatic heterocycles. The number of aromatic nitrogens is 1. The van der Waals surface area contributed by atoms with E-state index in [1.165, 1.54) is 5.56 Å². The third kappa shape index (κ3) is 4.69. The first kappa shape index (κ1) is 19.6. The number of carbonyl (C=O) groups is 2. The van der Waals surface area contributed by atoms with Crippen molar-refractivity contribution in [2.75, 3.05) is 18.4 Å². The van der Waals surface area contributed by atoms with Crippen LogP contribution < -0.4 is 5.32 Å². The van der Waals surface area contributed by atoms with Crippen molar-refractivity contribution in [3.8, 4) is 0 Å². The molecule has 26 heavy (non-hydrogen) atoms. The predicted molar refractivity (Wildman–Crippen MR) is 105 cm³/mol. The van der Waals surface area contributed by atoms with Crippen molar-refractivity contribution in [1.29, 1.82) is 0 Å². The minimum absolute atomic E-state index is 0.0587. The average Bonchev–Trinajstić information content (AvgIpc) is 2.62. The Balaban J connectivity index is 2.15. The topological polar surface area (TPSA) is 62.3 Å². The van der Waals surface area contributed by atoms with Crippen molar-refractivity contribution in [1.82, 2.24) is 9.88 Å². The lowest BCUT2D eigenvalue weighted by Gasteiger charge is -2.19. The summed E-state index contributed by atoms with van der Waals surface area (Å²) in [5, 5.41) is 2.83. The Bertz CT molecular complexity index is 773. The molecule has 5 heteroatoms. The number of benzene rings is 1. The second-order valence-corrected chi connectivity index (χ2v) is 7.17. The smallest absolute Gasteiger partial charge is 0.274 e. The SMILES string of the molecule is CCN(CC)C(=O)c1cccc(C(=O)Nc2ccc(C(C)(C)C)cc2)n1. The summed E-state index contributed by atoms with van der Waals surface area (Å²) in [6, 6.07) is 12.7. The number of anilines is 1. The summed E-state index contributed by atoms with van der Waals surface area (Å²) in [6.07, 6.45) is 0. The lowest BCUT2D eigenvalue weighted by Crippen LogP contribution is -2.31. The highest BCUT2D eigenvalue weighted by Crippen LogP contribution is 2.23. The van der Waals surface area contributed by atoms with Crippen LogP contribution in [0.5, 0.6) is 0 Å². The lowest BCUT2D eigenvalue weighted by molar-refractivity contribution is 0.0767. The summed E-state index contributed by atoms with van der Waals surface area (Å²) in [5.41, 5.74) is 2.46. The van der Waals surface area contributed by atoms with Gasteiger partial charge in [-0.3, -0.25) is 9.59 Å². The van der Waals surface area contributed by atoms with Gasteiger partial charge in [0.2, 0.25) is 0 Å². The maximum absolute atomic E-state index is 12.5. The second-order valence-electron chi connectivity index (χ2n) is 7.17. The zero-order chi connectivity index (χ0) is 19.3. The van der Waals surface area contributed by atoms with E-state index >= 15 is 0 Å². The van der Waals surface area contributed by atoms with Gasteiger partial charge in [0.1, 0.15) is 11.4 Å². The molecule has 0 aliphatic heterocycles. The molecule has 2 amide bonds. The van der Waals surface area contributed by atoms with Crippen molar-refractivity contribution >= 4 is 17.5 Å². The van der Waals surface area contributed by atoms with Gasteiger partial charge >= 0.3 is 0 Å². The summed E-state index contributed by atoms with van der Waals surface area (Å²) < 4.78 is 0. The first-order valence-electron chi connectivity index (χ1n) is 8.94. The van der Waals surface area contributed by atoms with Crippen LogP contribution in [0.15, 0.2) is 42.5 Å². The number of nitrogens with zero attached hydrogens (tertiary/aromatic N) is 2. The van der Waals surface area contributed by atoms with E-state index in [-0.39, 0.29) is 28.6 Å². The van der Waals surface area contributed by atoms with E-state index in [4.69, 9.17) is 0 Å². The molecule has 5 nitrogen and oxygen atoms in total. The number of pyridine rings is 1. The van der Waals surface area contributed by atoms with Crippen molar-refractivity contribution in [2.24, 2.45) is 0 Å². The van der Waals surface area contributed by atoms with E-state index in [0.717, 1.165) is 0 Å². The molecule has 0 radical (unpaired) electrons. The molecule has 1 N–H and O–H groups in total. The molecule has 138 valence electrons. The summed E-state index contributed by atoms with van der Waals surface area (Å²) in [7, 11) is 0. The molecule has 0 aliphatic carbocycles. The minimum Gasteiger partial charge on any atom is -0.338 e. The quantitative estimate of drug-likeness (QED) is 0.880. The molecule has 0 unspecified atom stereocenters. The average molecular weight is 353 g/mol. The van der Waals surface area contributed by atoms with Gasteiger partial charge in [0.05, 0.1) is 0 Å². The van der Waals surface area contributed by atoms with Crippen LogP contribution in [0.2, 0.25) is 0 Å². The number of amides is 2. The molecule has 2 aromatic rings. The van der Waals surface area contributed by atoms with Crippen molar-refractivity contribution < 1.29 is 9.59 Å². The van der Waals surface area contributed by atoms with E-state index in [9.17, 15) is 9.59 Å². The van der Waals surface area contributed by atoms with E-state index in [0.29, 0.717) is 18.8 Å². The Morgan fingerprint density at radius 2 is 1.54 bits per heavy atom. The third-order valence-electron chi connectivity index (χ3n) is 4.26. The van der Waals surface area contributed by atoms with Crippen LogP contribution >= 0.6 is 0 Å². The largest absolute Gasteiger partial charge is 0.338 e. The summed E-state index contributed by atoms with van der Waals surface area (Å²) >= 11 is 0. The van der Waals surface area contributed by atoms with E-state index < -0.39 is 0 Å². The maximum Gasteiger partial charge on any atom is 0.274 e. The molecular weight excluding hydrogens is 326 g/mol. The molecule has 0 saturated heterocycles. The number of hydrogen-bond donors (Lipinski definition) is 1. The van der Waals surface area contributed by atoms with Crippen LogP contribution in [-0.4, -0.2) is 34.8 Å². The van der Waals surface area contributed by atoms with Gasteiger partial charge in [0.25, 0.3) is 11.8 Å². The Morgan fingerprint density at radius 3 is 2.08 bits per heavy atom. The molecule has 0 bridgehead atoms. The molecular formula is C21H27N3O2.